The predicted molar refractivity (Wildman–Crippen MR) is 105 cm³/mol. The topological polar surface area (TPSA) is 65.5 Å². The first-order chi connectivity index (χ1) is 12.8. The molecule has 6 heteroatoms. The van der Waals surface area contributed by atoms with Crippen molar-refractivity contribution in [3.63, 3.8) is 0 Å². The number of benzene rings is 1. The predicted octanol–water partition coefficient (Wildman–Crippen LogP) is 4.59. The van der Waals surface area contributed by atoms with Crippen molar-refractivity contribution in [2.24, 2.45) is 0 Å². The Morgan fingerprint density at radius 2 is 2.04 bits per heavy atom. The van der Waals surface area contributed by atoms with Crippen LogP contribution in [-0.2, 0) is 19.7 Å². The molecule has 0 fully saturated rings. The average molecular weight is 385 g/mol. The highest BCUT2D eigenvalue weighted by molar-refractivity contribution is 7.99. The fourth-order valence-electron chi connectivity index (χ4n) is 3.18. The highest BCUT2D eigenvalue weighted by Gasteiger charge is 2.35. The van der Waals surface area contributed by atoms with Gasteiger partial charge in [-0.05, 0) is 42.2 Å². The lowest BCUT2D eigenvalue weighted by atomic mass is 9.80. The maximum Gasteiger partial charge on any atom is 0.339 e. The second kappa shape index (κ2) is 7.72. The molecule has 1 unspecified atom stereocenters. The fourth-order valence-corrected chi connectivity index (χ4v) is 4.76. The number of carbonyl (C=O) groups is 2. The first-order valence-corrected chi connectivity index (χ1v) is 9.80. The maximum absolute atomic E-state index is 11.8. The number of fused-ring (bicyclic) bond motifs is 1. The molecule has 0 aliphatic carbocycles. The zero-order valence-corrected chi connectivity index (χ0v) is 16.8. The highest BCUT2D eigenvalue weighted by atomic mass is 32.2. The van der Waals surface area contributed by atoms with Gasteiger partial charge in [0.05, 0.1) is 17.9 Å². The van der Waals surface area contributed by atoms with Crippen LogP contribution in [-0.4, -0.2) is 29.0 Å². The Kier molecular flexibility index (Phi) is 5.56. The minimum atomic E-state index is -0.365. The molecule has 0 saturated heterocycles. The van der Waals surface area contributed by atoms with Crippen LogP contribution >= 0.6 is 11.8 Å². The first-order valence-electron chi connectivity index (χ1n) is 8.92. The van der Waals surface area contributed by atoms with Gasteiger partial charge in [-0.25, -0.2) is 4.79 Å². The molecule has 1 aromatic heterocycles. The molecule has 2 heterocycles. The lowest BCUT2D eigenvalue weighted by molar-refractivity contribution is -0.143. The molecule has 1 aliphatic rings. The normalized spacial score (nSPS) is 17.7. The number of rotatable bonds is 4. The molecule has 0 spiro atoms. The number of thioether (sulfide) groups is 1. The highest BCUT2D eigenvalue weighted by Crippen LogP contribution is 2.46. The number of aromatic nitrogens is 1. The Bertz CT molecular complexity index is 861. The van der Waals surface area contributed by atoms with Crippen molar-refractivity contribution >= 4 is 23.7 Å². The van der Waals surface area contributed by atoms with Gasteiger partial charge < -0.3 is 9.47 Å². The second-order valence-electron chi connectivity index (χ2n) is 7.11. The summed E-state index contributed by atoms with van der Waals surface area (Å²) in [4.78, 5) is 28.6. The van der Waals surface area contributed by atoms with Crippen LogP contribution in [0.25, 0.3) is 11.3 Å². The van der Waals surface area contributed by atoms with E-state index in [0.717, 1.165) is 22.6 Å². The van der Waals surface area contributed by atoms with Crippen LogP contribution in [0.2, 0.25) is 0 Å². The van der Waals surface area contributed by atoms with Crippen LogP contribution < -0.4 is 0 Å². The zero-order valence-electron chi connectivity index (χ0n) is 15.9. The van der Waals surface area contributed by atoms with Gasteiger partial charge in [0, 0.05) is 30.0 Å². The molecule has 1 aromatic carbocycles. The second-order valence-corrected chi connectivity index (χ2v) is 8.31. The van der Waals surface area contributed by atoms with E-state index in [1.165, 1.54) is 12.5 Å². The summed E-state index contributed by atoms with van der Waals surface area (Å²) in [7, 11) is 0. The summed E-state index contributed by atoms with van der Waals surface area (Å²) in [6, 6.07) is 9.76. The van der Waals surface area contributed by atoms with Gasteiger partial charge in [-0.15, -0.1) is 0 Å². The minimum absolute atomic E-state index is 0.123. The minimum Gasteiger partial charge on any atom is -0.462 e. The number of carbonyl (C=O) groups excluding carboxylic acids is 2. The zero-order chi connectivity index (χ0) is 19.6. The molecule has 27 heavy (non-hydrogen) atoms. The van der Waals surface area contributed by atoms with E-state index in [4.69, 9.17) is 9.47 Å². The van der Waals surface area contributed by atoms with Gasteiger partial charge in [0.1, 0.15) is 0 Å². The van der Waals surface area contributed by atoms with Gasteiger partial charge in [-0.3, -0.25) is 9.78 Å². The SMILES string of the molecule is CCOC(=O)c1ccc(-c2ccc3c(c2)C(C)(C)CC(OC(C)=O)S3)nc1. The number of hydrogen-bond donors (Lipinski definition) is 0. The summed E-state index contributed by atoms with van der Waals surface area (Å²) in [5.74, 6) is -0.620. The van der Waals surface area contributed by atoms with E-state index in [1.54, 1.807) is 30.9 Å². The third-order valence-corrected chi connectivity index (χ3v) is 5.65. The van der Waals surface area contributed by atoms with E-state index in [1.807, 2.05) is 18.2 Å². The summed E-state index contributed by atoms with van der Waals surface area (Å²) >= 11 is 1.58. The summed E-state index contributed by atoms with van der Waals surface area (Å²) in [6.07, 6.45) is 2.30. The Labute approximate surface area is 163 Å². The van der Waals surface area contributed by atoms with Crippen molar-refractivity contribution < 1.29 is 19.1 Å². The number of ether oxygens (including phenoxy) is 2. The number of nitrogens with zero attached hydrogens (tertiary/aromatic N) is 1. The quantitative estimate of drug-likeness (QED) is 0.717. The fraction of sp³-hybridized carbons (Fsp3) is 0.381. The van der Waals surface area contributed by atoms with Crippen molar-refractivity contribution in [3.8, 4) is 11.3 Å². The Hall–Kier alpha value is -2.34. The molecule has 1 atom stereocenters. The summed E-state index contributed by atoms with van der Waals surface area (Å²) in [6.45, 7) is 7.87. The van der Waals surface area contributed by atoms with Crippen LogP contribution in [0.15, 0.2) is 41.4 Å². The molecule has 0 bridgehead atoms. The van der Waals surface area contributed by atoms with E-state index in [9.17, 15) is 9.59 Å². The molecule has 0 radical (unpaired) electrons. The Morgan fingerprint density at radius 1 is 1.26 bits per heavy atom. The van der Waals surface area contributed by atoms with Crippen molar-refractivity contribution in [3.05, 3.63) is 47.7 Å². The third-order valence-electron chi connectivity index (χ3n) is 4.51. The van der Waals surface area contributed by atoms with Crippen LogP contribution in [0.3, 0.4) is 0 Å². The number of esters is 2. The maximum atomic E-state index is 11.8. The van der Waals surface area contributed by atoms with Gasteiger partial charge in [-0.1, -0.05) is 31.7 Å². The molecule has 142 valence electrons. The molecule has 1 aliphatic heterocycles. The van der Waals surface area contributed by atoms with Crippen LogP contribution in [0, 0.1) is 0 Å². The molecule has 0 saturated carbocycles. The molecular weight excluding hydrogens is 362 g/mol. The molecule has 5 nitrogen and oxygen atoms in total. The van der Waals surface area contributed by atoms with Crippen LogP contribution in [0.4, 0.5) is 0 Å². The first kappa shape index (κ1) is 19.4. The standard InChI is InChI=1S/C21H23NO4S/c1-5-25-20(24)15-6-8-17(22-12-15)14-7-9-18-16(10-14)21(3,4)11-19(27-18)26-13(2)23/h6-10,12,19H,5,11H2,1-4H3. The van der Waals surface area contributed by atoms with E-state index in [2.05, 4.69) is 24.9 Å². The van der Waals surface area contributed by atoms with Crippen LogP contribution in [0.1, 0.15) is 50.0 Å². The van der Waals surface area contributed by atoms with E-state index in [0.29, 0.717) is 12.2 Å². The van der Waals surface area contributed by atoms with E-state index in [-0.39, 0.29) is 22.8 Å². The molecule has 2 aromatic rings. The van der Waals surface area contributed by atoms with Gasteiger partial charge in [-0.2, -0.15) is 0 Å². The van der Waals surface area contributed by atoms with Gasteiger partial charge in [0.2, 0.25) is 0 Å². The lowest BCUT2D eigenvalue weighted by Gasteiger charge is -2.36. The monoisotopic (exact) mass is 385 g/mol. The molecular formula is C21H23NO4S. The molecule has 0 amide bonds. The van der Waals surface area contributed by atoms with Crippen molar-refractivity contribution in [2.75, 3.05) is 6.61 Å². The number of hydrogen-bond acceptors (Lipinski definition) is 6. The van der Waals surface area contributed by atoms with Gasteiger partial charge >= 0.3 is 11.9 Å². The van der Waals surface area contributed by atoms with Crippen molar-refractivity contribution in [2.45, 2.75) is 49.9 Å². The molecule has 0 N–H and O–H groups in total. The van der Waals surface area contributed by atoms with Crippen molar-refractivity contribution in [1.82, 2.24) is 4.98 Å². The number of pyridine rings is 1. The Balaban J connectivity index is 1.88. The summed E-state index contributed by atoms with van der Waals surface area (Å²) in [5, 5.41) is 0. The lowest BCUT2D eigenvalue weighted by Crippen LogP contribution is -2.30. The molecule has 3 rings (SSSR count). The van der Waals surface area contributed by atoms with Gasteiger partial charge in [0.15, 0.2) is 5.44 Å². The summed E-state index contributed by atoms with van der Waals surface area (Å²) < 4.78 is 10.4. The van der Waals surface area contributed by atoms with Crippen molar-refractivity contribution in [1.29, 1.82) is 0 Å². The average Bonchev–Trinajstić information content (AvgIpc) is 2.61. The third kappa shape index (κ3) is 4.33. The Morgan fingerprint density at radius 3 is 2.67 bits per heavy atom. The smallest absolute Gasteiger partial charge is 0.339 e. The van der Waals surface area contributed by atoms with E-state index < -0.39 is 0 Å². The largest absolute Gasteiger partial charge is 0.462 e. The van der Waals surface area contributed by atoms with E-state index >= 15 is 0 Å². The summed E-state index contributed by atoms with van der Waals surface area (Å²) in [5.41, 5.74) is 3.15. The van der Waals surface area contributed by atoms with Gasteiger partial charge in [0.25, 0.3) is 0 Å². The van der Waals surface area contributed by atoms with Crippen LogP contribution in [0.5, 0.6) is 0 Å².